The van der Waals surface area contributed by atoms with Crippen LogP contribution in [0, 0.1) is 6.92 Å². The molecule has 1 aliphatic rings. The lowest BCUT2D eigenvalue weighted by Crippen LogP contribution is -2.46. The number of carbonyl (C=O) groups is 2. The highest BCUT2D eigenvalue weighted by Crippen LogP contribution is 2.24. The van der Waals surface area contributed by atoms with Crippen LogP contribution in [0.4, 0.5) is 16.2 Å². The molecule has 0 bridgehead atoms. The number of piperidine rings is 1. The highest BCUT2D eigenvalue weighted by atomic mass is 32.1. The molecule has 3 amide bonds. The molecule has 33 heavy (non-hydrogen) atoms. The third-order valence-corrected chi connectivity index (χ3v) is 6.80. The van der Waals surface area contributed by atoms with Gasteiger partial charge in [-0.2, -0.15) is 0 Å². The van der Waals surface area contributed by atoms with Crippen LogP contribution in [0.1, 0.15) is 33.6 Å². The van der Waals surface area contributed by atoms with Crippen LogP contribution in [0.2, 0.25) is 0 Å². The van der Waals surface area contributed by atoms with E-state index in [-0.39, 0.29) is 18.0 Å². The molecule has 172 valence electrons. The van der Waals surface area contributed by atoms with Crippen molar-refractivity contribution < 1.29 is 9.59 Å². The van der Waals surface area contributed by atoms with E-state index in [9.17, 15) is 9.59 Å². The maximum absolute atomic E-state index is 12.8. The number of nitrogens with one attached hydrogen (secondary N) is 3. The zero-order valence-corrected chi connectivity index (χ0v) is 19.7. The molecule has 1 fully saturated rings. The van der Waals surface area contributed by atoms with Crippen LogP contribution in [-0.2, 0) is 6.42 Å². The van der Waals surface area contributed by atoms with E-state index in [1.54, 1.807) is 11.3 Å². The number of hydrogen-bond acceptors (Lipinski definition) is 4. The van der Waals surface area contributed by atoms with Gasteiger partial charge in [0.1, 0.15) is 0 Å². The van der Waals surface area contributed by atoms with Gasteiger partial charge in [-0.25, -0.2) is 4.79 Å². The number of hydrogen-bond donors (Lipinski definition) is 3. The fourth-order valence-electron chi connectivity index (χ4n) is 4.04. The first-order valence-corrected chi connectivity index (χ1v) is 12.3. The Morgan fingerprint density at radius 1 is 1.00 bits per heavy atom. The number of amides is 3. The van der Waals surface area contributed by atoms with Crippen molar-refractivity contribution in [1.29, 1.82) is 0 Å². The van der Waals surface area contributed by atoms with Gasteiger partial charge < -0.3 is 20.9 Å². The van der Waals surface area contributed by atoms with Crippen molar-refractivity contribution in [2.75, 3.05) is 29.9 Å². The topological polar surface area (TPSA) is 73.5 Å². The molecule has 0 radical (unpaired) electrons. The van der Waals surface area contributed by atoms with Crippen LogP contribution in [0.5, 0.6) is 0 Å². The summed E-state index contributed by atoms with van der Waals surface area (Å²) in [6.45, 7) is 4.21. The molecule has 6 nitrogen and oxygen atoms in total. The predicted molar refractivity (Wildman–Crippen MR) is 135 cm³/mol. The molecule has 0 unspecified atom stereocenters. The molecule has 3 aromatic rings. The number of para-hydroxylation sites is 1. The lowest BCUT2D eigenvalue weighted by Gasteiger charge is -2.34. The van der Waals surface area contributed by atoms with Gasteiger partial charge in [0.25, 0.3) is 5.91 Å². The van der Waals surface area contributed by atoms with Gasteiger partial charge in [-0.1, -0.05) is 35.9 Å². The van der Waals surface area contributed by atoms with Crippen LogP contribution < -0.4 is 20.9 Å². The minimum atomic E-state index is -0.178. The predicted octanol–water partition coefficient (Wildman–Crippen LogP) is 4.82. The summed E-state index contributed by atoms with van der Waals surface area (Å²) in [6.07, 6.45) is 2.50. The Hall–Kier alpha value is -3.32. The van der Waals surface area contributed by atoms with Gasteiger partial charge in [-0.3, -0.25) is 4.79 Å². The van der Waals surface area contributed by atoms with Crippen LogP contribution in [0.3, 0.4) is 0 Å². The number of nitrogens with zero attached hydrogens (tertiary/aromatic N) is 1. The Balaban J connectivity index is 1.28. The number of rotatable bonds is 7. The Bertz CT molecular complexity index is 1060. The number of anilines is 2. The lowest BCUT2D eigenvalue weighted by molar-refractivity contribution is 0.0954. The lowest BCUT2D eigenvalue weighted by atomic mass is 10.0. The van der Waals surface area contributed by atoms with E-state index in [0.717, 1.165) is 49.3 Å². The van der Waals surface area contributed by atoms with E-state index in [4.69, 9.17) is 0 Å². The van der Waals surface area contributed by atoms with Gasteiger partial charge in [0.15, 0.2) is 0 Å². The van der Waals surface area contributed by atoms with Crippen LogP contribution >= 0.6 is 11.3 Å². The quantitative estimate of drug-likeness (QED) is 0.471. The minimum Gasteiger partial charge on any atom is -0.371 e. The summed E-state index contributed by atoms with van der Waals surface area (Å²) in [5, 5.41) is 11.1. The summed E-state index contributed by atoms with van der Waals surface area (Å²) in [6, 6.07) is 19.6. The molecule has 0 aliphatic carbocycles. The van der Waals surface area contributed by atoms with Crippen molar-refractivity contribution in [2.24, 2.45) is 0 Å². The van der Waals surface area contributed by atoms with Crippen LogP contribution in [-0.4, -0.2) is 37.6 Å². The third-order valence-electron chi connectivity index (χ3n) is 5.87. The second kappa shape index (κ2) is 11.0. The molecule has 1 saturated heterocycles. The maximum Gasteiger partial charge on any atom is 0.319 e. The molecule has 1 aliphatic heterocycles. The van der Waals surface area contributed by atoms with E-state index in [2.05, 4.69) is 32.3 Å². The molecule has 0 spiro atoms. The summed E-state index contributed by atoms with van der Waals surface area (Å²) < 4.78 is 0. The molecule has 3 N–H and O–H groups in total. The first-order valence-electron chi connectivity index (χ1n) is 11.4. The molecule has 7 heteroatoms. The fraction of sp³-hybridized carbons (Fsp3) is 0.308. The largest absolute Gasteiger partial charge is 0.371 e. The SMILES string of the molecule is Cc1ccc(NC(=O)NC2CCN(c3ccccc3C(=O)NCCc3cccs3)CC2)cc1. The summed E-state index contributed by atoms with van der Waals surface area (Å²) in [5.74, 6) is -0.0418. The average Bonchev–Trinajstić information content (AvgIpc) is 3.35. The van der Waals surface area contributed by atoms with Gasteiger partial charge in [0, 0.05) is 41.9 Å². The molecule has 2 heterocycles. The molecular formula is C26H30N4O2S. The van der Waals surface area contributed by atoms with Crippen molar-refractivity contribution in [3.63, 3.8) is 0 Å². The fourth-order valence-corrected chi connectivity index (χ4v) is 4.75. The maximum atomic E-state index is 12.8. The second-order valence-corrected chi connectivity index (χ2v) is 9.36. The number of thiophene rings is 1. The third kappa shape index (κ3) is 6.35. The zero-order valence-electron chi connectivity index (χ0n) is 18.8. The molecule has 4 rings (SSSR count). The minimum absolute atomic E-state index is 0.0418. The summed E-state index contributed by atoms with van der Waals surface area (Å²) >= 11 is 1.71. The second-order valence-electron chi connectivity index (χ2n) is 8.33. The monoisotopic (exact) mass is 462 g/mol. The van der Waals surface area contributed by atoms with Crippen molar-refractivity contribution in [1.82, 2.24) is 10.6 Å². The highest BCUT2D eigenvalue weighted by molar-refractivity contribution is 7.09. The van der Waals surface area contributed by atoms with Crippen molar-refractivity contribution in [3.05, 3.63) is 82.0 Å². The Morgan fingerprint density at radius 2 is 1.76 bits per heavy atom. The smallest absolute Gasteiger partial charge is 0.319 e. The summed E-state index contributed by atoms with van der Waals surface area (Å²) in [5.41, 5.74) is 3.60. The molecule has 1 aromatic heterocycles. The molecule has 0 saturated carbocycles. The van der Waals surface area contributed by atoms with E-state index in [1.165, 1.54) is 4.88 Å². The Morgan fingerprint density at radius 3 is 2.48 bits per heavy atom. The molecule has 0 atom stereocenters. The number of benzene rings is 2. The molecule has 2 aromatic carbocycles. The van der Waals surface area contributed by atoms with E-state index in [0.29, 0.717) is 12.1 Å². The van der Waals surface area contributed by atoms with Gasteiger partial charge >= 0.3 is 6.03 Å². The van der Waals surface area contributed by atoms with Gasteiger partial charge in [0.2, 0.25) is 0 Å². The average molecular weight is 463 g/mol. The Labute approximate surface area is 199 Å². The summed E-state index contributed by atoms with van der Waals surface area (Å²) in [7, 11) is 0. The normalized spacial score (nSPS) is 14.0. The van der Waals surface area contributed by atoms with Crippen LogP contribution in [0.15, 0.2) is 66.0 Å². The number of aryl methyl sites for hydroxylation is 1. The first-order chi connectivity index (χ1) is 16.1. The van der Waals surface area contributed by atoms with Gasteiger partial charge in [-0.15, -0.1) is 11.3 Å². The highest BCUT2D eigenvalue weighted by Gasteiger charge is 2.23. The van der Waals surface area contributed by atoms with Gasteiger partial charge in [0.05, 0.1) is 5.56 Å². The van der Waals surface area contributed by atoms with Crippen molar-refractivity contribution in [2.45, 2.75) is 32.2 Å². The zero-order chi connectivity index (χ0) is 23.0. The van der Waals surface area contributed by atoms with E-state index >= 15 is 0 Å². The first kappa shape index (κ1) is 22.9. The number of urea groups is 1. The van der Waals surface area contributed by atoms with E-state index in [1.807, 2.05) is 61.5 Å². The van der Waals surface area contributed by atoms with Crippen molar-refractivity contribution >= 4 is 34.6 Å². The van der Waals surface area contributed by atoms with Gasteiger partial charge in [-0.05, 0) is 61.9 Å². The molecular weight excluding hydrogens is 432 g/mol. The van der Waals surface area contributed by atoms with Crippen molar-refractivity contribution in [3.8, 4) is 0 Å². The van der Waals surface area contributed by atoms with E-state index < -0.39 is 0 Å². The summed E-state index contributed by atoms with van der Waals surface area (Å²) in [4.78, 5) is 28.7. The number of carbonyl (C=O) groups excluding carboxylic acids is 2. The Kier molecular flexibility index (Phi) is 7.62. The standard InChI is InChI=1S/C26H30N4O2S/c1-19-8-10-20(11-9-19)28-26(32)29-21-13-16-30(17-14-21)24-7-3-2-6-23(24)25(31)27-15-12-22-5-4-18-33-22/h2-11,18,21H,12-17H2,1H3,(H,27,31)(H2,28,29,32). The van der Waals surface area contributed by atoms with Crippen LogP contribution in [0.25, 0.3) is 0 Å².